The lowest BCUT2D eigenvalue weighted by Gasteiger charge is -2.06. The zero-order chi connectivity index (χ0) is 19.4. The zero-order valence-corrected chi connectivity index (χ0v) is 14.4. The van der Waals surface area contributed by atoms with Gasteiger partial charge in [0.2, 0.25) is 16.9 Å². The van der Waals surface area contributed by atoms with E-state index < -0.39 is 22.3 Å². The van der Waals surface area contributed by atoms with E-state index in [0.29, 0.717) is 16.5 Å². The summed E-state index contributed by atoms with van der Waals surface area (Å²) in [6.45, 7) is 0. The topological polar surface area (TPSA) is 142 Å². The number of carbonyl (C=O) groups is 1. The molecule has 0 radical (unpaired) electrons. The van der Waals surface area contributed by atoms with Crippen molar-refractivity contribution in [2.24, 2.45) is 0 Å². The van der Waals surface area contributed by atoms with Crippen molar-refractivity contribution in [1.29, 1.82) is 0 Å². The van der Waals surface area contributed by atoms with Crippen molar-refractivity contribution in [2.45, 2.75) is 5.16 Å². The summed E-state index contributed by atoms with van der Waals surface area (Å²) in [6, 6.07) is 6.59. The summed E-state index contributed by atoms with van der Waals surface area (Å²) < 4.78 is 14.6. The normalized spacial score (nSPS) is 10.6. The van der Waals surface area contributed by atoms with Crippen molar-refractivity contribution < 1.29 is 14.1 Å². The Labute approximate surface area is 155 Å². The lowest BCUT2D eigenvalue weighted by molar-refractivity contribution is -0.387. The van der Waals surface area contributed by atoms with Gasteiger partial charge in [0.05, 0.1) is 10.7 Å². The van der Waals surface area contributed by atoms with Gasteiger partial charge in [-0.3, -0.25) is 19.9 Å². The van der Waals surface area contributed by atoms with Crippen LogP contribution in [0.25, 0.3) is 11.4 Å². The number of hydrogen-bond donors (Lipinski definition) is 2. The highest BCUT2D eigenvalue weighted by Gasteiger charge is 2.17. The number of amides is 1. The number of aromatic nitrogens is 4. The van der Waals surface area contributed by atoms with E-state index in [1.165, 1.54) is 10.7 Å². The Kier molecular flexibility index (Phi) is 5.26. The van der Waals surface area contributed by atoms with E-state index in [2.05, 4.69) is 20.5 Å². The first kappa shape index (κ1) is 18.3. The number of nitro benzene ring substituents is 1. The number of nitrogens with one attached hydrogen (secondary N) is 1. The summed E-state index contributed by atoms with van der Waals surface area (Å²) in [6.07, 6.45) is 3.19. The van der Waals surface area contributed by atoms with Crippen LogP contribution in [0.2, 0.25) is 0 Å². The van der Waals surface area contributed by atoms with Crippen LogP contribution in [0.1, 0.15) is 0 Å². The van der Waals surface area contributed by atoms with Gasteiger partial charge >= 0.3 is 5.69 Å². The number of pyridine rings is 1. The van der Waals surface area contributed by atoms with E-state index in [1.54, 1.807) is 24.5 Å². The molecule has 3 rings (SSSR count). The minimum absolute atomic E-state index is 0.0758. The molecule has 0 fully saturated rings. The van der Waals surface area contributed by atoms with Crippen LogP contribution in [-0.4, -0.2) is 36.4 Å². The number of rotatable bonds is 6. The Hall–Kier alpha value is -3.54. The van der Waals surface area contributed by atoms with Gasteiger partial charge in [-0.05, 0) is 24.3 Å². The van der Waals surface area contributed by atoms with Crippen LogP contribution < -0.4 is 11.2 Å². The second-order valence-electron chi connectivity index (χ2n) is 5.18. The molecule has 0 bridgehead atoms. The van der Waals surface area contributed by atoms with Gasteiger partial charge in [0.15, 0.2) is 5.82 Å². The maximum Gasteiger partial charge on any atom is 0.306 e. The van der Waals surface area contributed by atoms with Gasteiger partial charge in [-0.1, -0.05) is 11.8 Å². The molecule has 0 saturated carbocycles. The molecule has 0 aliphatic heterocycles. The molecule has 0 aliphatic carbocycles. The van der Waals surface area contributed by atoms with E-state index in [9.17, 15) is 19.3 Å². The van der Waals surface area contributed by atoms with Crippen molar-refractivity contribution in [3.05, 3.63) is 58.7 Å². The number of hydrogen-bond acceptors (Lipinski definition) is 8. The lowest BCUT2D eigenvalue weighted by atomic mass is 10.2. The number of nitrogen functional groups attached to an aromatic ring is 1. The molecule has 12 heteroatoms. The van der Waals surface area contributed by atoms with Crippen molar-refractivity contribution in [3.63, 3.8) is 0 Å². The smallest absolute Gasteiger partial charge is 0.306 e. The fraction of sp³-hybridized carbons (Fsp3) is 0.0667. The zero-order valence-electron chi connectivity index (χ0n) is 13.6. The van der Waals surface area contributed by atoms with E-state index >= 15 is 0 Å². The van der Waals surface area contributed by atoms with E-state index in [0.717, 1.165) is 23.9 Å². The minimum atomic E-state index is -0.980. The molecule has 1 aromatic carbocycles. The van der Waals surface area contributed by atoms with Crippen LogP contribution in [0.3, 0.4) is 0 Å². The van der Waals surface area contributed by atoms with Crippen LogP contribution in [0.5, 0.6) is 0 Å². The number of benzene rings is 1. The van der Waals surface area contributed by atoms with Crippen molar-refractivity contribution in [3.8, 4) is 11.4 Å². The van der Waals surface area contributed by atoms with Crippen molar-refractivity contribution in [2.75, 3.05) is 16.9 Å². The summed E-state index contributed by atoms with van der Waals surface area (Å²) in [5, 5.41) is 21.4. The lowest BCUT2D eigenvalue weighted by Crippen LogP contribution is -2.16. The predicted molar refractivity (Wildman–Crippen MR) is 95.8 cm³/mol. The summed E-state index contributed by atoms with van der Waals surface area (Å²) in [4.78, 5) is 25.9. The van der Waals surface area contributed by atoms with Gasteiger partial charge in [-0.25, -0.2) is 4.68 Å². The van der Waals surface area contributed by atoms with Crippen LogP contribution in [0, 0.1) is 15.9 Å². The van der Waals surface area contributed by atoms with Crippen LogP contribution in [0.4, 0.5) is 15.8 Å². The molecule has 27 heavy (non-hydrogen) atoms. The molecule has 10 nitrogen and oxygen atoms in total. The first-order chi connectivity index (χ1) is 13.0. The highest BCUT2D eigenvalue weighted by atomic mass is 32.2. The second-order valence-corrected chi connectivity index (χ2v) is 6.12. The Balaban J connectivity index is 1.64. The molecule has 3 aromatic rings. The average molecular weight is 389 g/mol. The van der Waals surface area contributed by atoms with Crippen molar-refractivity contribution in [1.82, 2.24) is 19.9 Å². The van der Waals surface area contributed by atoms with Gasteiger partial charge in [0.25, 0.3) is 0 Å². The molecule has 0 unspecified atom stereocenters. The number of carbonyl (C=O) groups excluding carboxylic acids is 1. The highest BCUT2D eigenvalue weighted by Crippen LogP contribution is 2.23. The molecule has 0 atom stereocenters. The molecule has 138 valence electrons. The van der Waals surface area contributed by atoms with E-state index in [4.69, 9.17) is 5.84 Å². The van der Waals surface area contributed by atoms with Gasteiger partial charge in [-0.15, -0.1) is 10.2 Å². The van der Waals surface area contributed by atoms with Crippen LogP contribution >= 0.6 is 11.8 Å². The third-order valence-corrected chi connectivity index (χ3v) is 4.29. The highest BCUT2D eigenvalue weighted by molar-refractivity contribution is 7.99. The average Bonchev–Trinajstić information content (AvgIpc) is 3.02. The number of thioether (sulfide) groups is 1. The number of nitrogens with zero attached hydrogens (tertiary/aromatic N) is 5. The maximum absolute atomic E-state index is 13.3. The molecule has 0 saturated heterocycles. The van der Waals surface area contributed by atoms with Gasteiger partial charge in [0.1, 0.15) is 0 Å². The summed E-state index contributed by atoms with van der Waals surface area (Å²) >= 11 is 1.03. The van der Waals surface area contributed by atoms with Crippen LogP contribution in [0.15, 0.2) is 47.9 Å². The maximum atomic E-state index is 13.3. The molecule has 1 amide bonds. The third-order valence-electron chi connectivity index (χ3n) is 3.34. The first-order valence-electron chi connectivity index (χ1n) is 7.43. The number of halogens is 1. The Morgan fingerprint density at radius 2 is 2.19 bits per heavy atom. The van der Waals surface area contributed by atoms with Gasteiger partial charge in [0, 0.05) is 29.7 Å². The Morgan fingerprint density at radius 1 is 1.37 bits per heavy atom. The molecular formula is C15H12FN7O3S. The van der Waals surface area contributed by atoms with E-state index in [-0.39, 0.29) is 11.4 Å². The summed E-state index contributed by atoms with van der Waals surface area (Å²) in [5.41, 5.74) is 0.0599. The number of nitrogens with two attached hydrogens (primary N) is 1. The van der Waals surface area contributed by atoms with Crippen LogP contribution in [-0.2, 0) is 4.79 Å². The minimum Gasteiger partial charge on any atom is -0.335 e. The van der Waals surface area contributed by atoms with Gasteiger partial charge in [-0.2, -0.15) is 4.39 Å². The van der Waals surface area contributed by atoms with Crippen molar-refractivity contribution >= 4 is 29.0 Å². The predicted octanol–water partition coefficient (Wildman–Crippen LogP) is 1.83. The monoisotopic (exact) mass is 389 g/mol. The SMILES string of the molecule is Nn1c(SCC(=O)Nc2ccc(F)c([N+](=O)[O-])c2)nnc1-c1cccnc1. The van der Waals surface area contributed by atoms with Gasteiger partial charge < -0.3 is 11.2 Å². The fourth-order valence-corrected chi connectivity index (χ4v) is 2.78. The molecule has 2 heterocycles. The Morgan fingerprint density at radius 3 is 2.89 bits per heavy atom. The number of nitro groups is 1. The molecule has 0 spiro atoms. The summed E-state index contributed by atoms with van der Waals surface area (Å²) in [7, 11) is 0. The second kappa shape index (κ2) is 7.78. The Bertz CT molecular complexity index is 996. The summed E-state index contributed by atoms with van der Waals surface area (Å²) in [5.74, 6) is 4.81. The molecule has 3 N–H and O–H groups in total. The molecule has 0 aliphatic rings. The number of anilines is 1. The standard InChI is InChI=1S/C15H12FN7O3S/c16-11-4-3-10(6-12(11)23(25)26)19-13(24)8-27-15-21-20-14(22(15)17)9-2-1-5-18-7-9/h1-7H,8,17H2,(H,19,24). The third kappa shape index (κ3) is 4.17. The van der Waals surface area contributed by atoms with E-state index in [1.807, 2.05) is 0 Å². The largest absolute Gasteiger partial charge is 0.335 e. The fourth-order valence-electron chi connectivity index (χ4n) is 2.12. The first-order valence-corrected chi connectivity index (χ1v) is 8.41. The molecular weight excluding hydrogens is 377 g/mol. The quantitative estimate of drug-likeness (QED) is 0.281. The molecule has 2 aromatic heterocycles.